The molecule has 0 fully saturated rings. The van der Waals surface area contributed by atoms with Gasteiger partial charge in [0.1, 0.15) is 0 Å². The Morgan fingerprint density at radius 3 is 2.32 bits per heavy atom. The number of hydrogen-bond acceptors (Lipinski definition) is 2. The van der Waals surface area contributed by atoms with Crippen LogP contribution in [-0.2, 0) is 10.2 Å². The number of hydrogen-bond donors (Lipinski definition) is 2. The number of nitrogens with one attached hydrogen (secondary N) is 1. The van der Waals surface area contributed by atoms with Gasteiger partial charge in [0.15, 0.2) is 0 Å². The lowest BCUT2D eigenvalue weighted by atomic mass is 9.87. The lowest BCUT2D eigenvalue weighted by Gasteiger charge is -2.19. The van der Waals surface area contributed by atoms with Crippen LogP contribution in [0.15, 0.2) is 24.3 Å². The molecule has 1 amide bonds. The number of carbonyl (C=O) groups is 1. The molecule has 0 bridgehead atoms. The number of amides is 1. The highest BCUT2D eigenvalue weighted by Gasteiger charge is 2.15. The van der Waals surface area contributed by atoms with E-state index in [0.717, 1.165) is 24.9 Å². The SMILES string of the molecule is CCCC[C@H](N)C(=O)Nc1ccc(C(C)(C)C)cc1. The first-order valence-corrected chi connectivity index (χ1v) is 7.01. The fourth-order valence-corrected chi connectivity index (χ4v) is 1.84. The number of benzene rings is 1. The van der Waals surface area contributed by atoms with Gasteiger partial charge in [-0.25, -0.2) is 0 Å². The molecular formula is C16H26N2O. The normalized spacial score (nSPS) is 13.1. The van der Waals surface area contributed by atoms with Crippen LogP contribution in [0.2, 0.25) is 0 Å². The summed E-state index contributed by atoms with van der Waals surface area (Å²) in [7, 11) is 0. The van der Waals surface area contributed by atoms with Crippen molar-refractivity contribution in [3.8, 4) is 0 Å². The Kier molecular flexibility index (Phi) is 5.55. The number of rotatable bonds is 5. The molecule has 3 nitrogen and oxygen atoms in total. The average molecular weight is 262 g/mol. The van der Waals surface area contributed by atoms with Gasteiger partial charge in [-0.2, -0.15) is 0 Å². The van der Waals surface area contributed by atoms with Crippen molar-refractivity contribution in [2.45, 2.75) is 58.4 Å². The van der Waals surface area contributed by atoms with Crippen molar-refractivity contribution >= 4 is 11.6 Å². The van der Waals surface area contributed by atoms with Crippen LogP contribution in [0.3, 0.4) is 0 Å². The Hall–Kier alpha value is -1.35. The number of nitrogens with two attached hydrogens (primary N) is 1. The van der Waals surface area contributed by atoms with Gasteiger partial charge in [-0.3, -0.25) is 4.79 Å². The third-order valence-electron chi connectivity index (χ3n) is 3.22. The number of anilines is 1. The molecule has 0 saturated carbocycles. The molecule has 0 aromatic heterocycles. The summed E-state index contributed by atoms with van der Waals surface area (Å²) in [5, 5.41) is 2.87. The van der Waals surface area contributed by atoms with Crippen molar-refractivity contribution in [2.24, 2.45) is 5.73 Å². The first kappa shape index (κ1) is 15.7. The summed E-state index contributed by atoms with van der Waals surface area (Å²) in [6, 6.07) is 7.55. The molecule has 3 N–H and O–H groups in total. The van der Waals surface area contributed by atoms with Crippen molar-refractivity contribution in [1.82, 2.24) is 0 Å². The minimum absolute atomic E-state index is 0.100. The van der Waals surface area contributed by atoms with Crippen LogP contribution in [0, 0.1) is 0 Å². The lowest BCUT2D eigenvalue weighted by molar-refractivity contribution is -0.117. The summed E-state index contributed by atoms with van der Waals surface area (Å²) in [5.74, 6) is -0.100. The van der Waals surface area contributed by atoms with E-state index >= 15 is 0 Å². The third-order valence-corrected chi connectivity index (χ3v) is 3.22. The van der Waals surface area contributed by atoms with E-state index in [1.54, 1.807) is 0 Å². The van der Waals surface area contributed by atoms with Crippen molar-refractivity contribution < 1.29 is 4.79 Å². The van der Waals surface area contributed by atoms with Crippen LogP contribution >= 0.6 is 0 Å². The molecule has 0 spiro atoms. The Labute approximate surface area is 116 Å². The van der Waals surface area contributed by atoms with Gasteiger partial charge in [-0.15, -0.1) is 0 Å². The van der Waals surface area contributed by atoms with E-state index in [9.17, 15) is 4.79 Å². The first-order chi connectivity index (χ1) is 8.84. The summed E-state index contributed by atoms with van der Waals surface area (Å²) in [6.07, 6.45) is 2.78. The van der Waals surface area contributed by atoms with Gasteiger partial charge in [0.25, 0.3) is 0 Å². The zero-order chi connectivity index (χ0) is 14.5. The predicted octanol–water partition coefficient (Wildman–Crippen LogP) is 3.44. The van der Waals surface area contributed by atoms with Crippen LogP contribution in [0.25, 0.3) is 0 Å². The second-order valence-electron chi connectivity index (χ2n) is 6.07. The van der Waals surface area contributed by atoms with Crippen LogP contribution in [0.5, 0.6) is 0 Å². The van der Waals surface area contributed by atoms with E-state index < -0.39 is 6.04 Å². The van der Waals surface area contributed by atoms with Gasteiger partial charge >= 0.3 is 0 Å². The maximum Gasteiger partial charge on any atom is 0.241 e. The minimum atomic E-state index is -0.415. The largest absolute Gasteiger partial charge is 0.325 e. The summed E-state index contributed by atoms with van der Waals surface area (Å²) in [4.78, 5) is 11.9. The summed E-state index contributed by atoms with van der Waals surface area (Å²) >= 11 is 0. The van der Waals surface area contributed by atoms with Gasteiger partial charge < -0.3 is 11.1 Å². The predicted molar refractivity (Wildman–Crippen MR) is 81.3 cm³/mol. The zero-order valence-electron chi connectivity index (χ0n) is 12.5. The first-order valence-electron chi connectivity index (χ1n) is 7.01. The van der Waals surface area contributed by atoms with E-state index in [1.807, 2.05) is 24.3 Å². The Bertz CT molecular complexity index is 404. The number of carbonyl (C=O) groups excluding carboxylic acids is 1. The fraction of sp³-hybridized carbons (Fsp3) is 0.562. The van der Waals surface area contributed by atoms with E-state index in [0.29, 0.717) is 0 Å². The molecule has 0 radical (unpaired) electrons. The quantitative estimate of drug-likeness (QED) is 0.854. The van der Waals surface area contributed by atoms with Crippen LogP contribution in [-0.4, -0.2) is 11.9 Å². The molecular weight excluding hydrogens is 236 g/mol. The van der Waals surface area contributed by atoms with Gasteiger partial charge in [-0.1, -0.05) is 52.7 Å². The molecule has 0 aliphatic heterocycles. The maximum atomic E-state index is 11.9. The smallest absolute Gasteiger partial charge is 0.241 e. The van der Waals surface area contributed by atoms with Gasteiger partial charge in [0, 0.05) is 5.69 Å². The monoisotopic (exact) mass is 262 g/mol. The van der Waals surface area contributed by atoms with E-state index in [2.05, 4.69) is 33.0 Å². The highest BCUT2D eigenvalue weighted by Crippen LogP contribution is 2.23. The van der Waals surface area contributed by atoms with Crippen molar-refractivity contribution in [3.63, 3.8) is 0 Å². The molecule has 1 aromatic carbocycles. The van der Waals surface area contributed by atoms with Gasteiger partial charge in [-0.05, 0) is 29.5 Å². The van der Waals surface area contributed by atoms with Crippen LogP contribution in [0.4, 0.5) is 5.69 Å². The molecule has 0 aliphatic rings. The lowest BCUT2D eigenvalue weighted by Crippen LogP contribution is -2.35. The van der Waals surface area contributed by atoms with E-state index in [-0.39, 0.29) is 11.3 Å². The van der Waals surface area contributed by atoms with Crippen LogP contribution in [0.1, 0.15) is 52.5 Å². The molecule has 1 rings (SSSR count). The maximum absolute atomic E-state index is 11.9. The highest BCUT2D eigenvalue weighted by atomic mass is 16.2. The molecule has 3 heteroatoms. The zero-order valence-corrected chi connectivity index (χ0v) is 12.5. The van der Waals surface area contributed by atoms with Crippen molar-refractivity contribution in [2.75, 3.05) is 5.32 Å². The topological polar surface area (TPSA) is 55.1 Å². The molecule has 0 unspecified atom stereocenters. The van der Waals surface area contributed by atoms with Gasteiger partial charge in [0.05, 0.1) is 6.04 Å². The standard InChI is InChI=1S/C16H26N2O/c1-5-6-7-14(17)15(19)18-13-10-8-12(9-11-13)16(2,3)4/h8-11,14H,5-7,17H2,1-4H3,(H,18,19)/t14-/m0/s1. The fourth-order valence-electron chi connectivity index (χ4n) is 1.84. The van der Waals surface area contributed by atoms with Crippen molar-refractivity contribution in [1.29, 1.82) is 0 Å². The Morgan fingerprint density at radius 2 is 1.84 bits per heavy atom. The second-order valence-corrected chi connectivity index (χ2v) is 6.07. The molecule has 106 valence electrons. The molecule has 0 saturated heterocycles. The van der Waals surface area contributed by atoms with Crippen LogP contribution < -0.4 is 11.1 Å². The summed E-state index contributed by atoms with van der Waals surface area (Å²) in [5.41, 5.74) is 8.02. The molecule has 1 atom stereocenters. The Morgan fingerprint density at radius 1 is 1.26 bits per heavy atom. The summed E-state index contributed by atoms with van der Waals surface area (Å²) in [6.45, 7) is 8.60. The summed E-state index contributed by atoms with van der Waals surface area (Å²) < 4.78 is 0. The Balaban J connectivity index is 2.60. The molecule has 19 heavy (non-hydrogen) atoms. The highest BCUT2D eigenvalue weighted by molar-refractivity contribution is 5.94. The molecule has 0 heterocycles. The molecule has 1 aromatic rings. The van der Waals surface area contributed by atoms with Crippen molar-refractivity contribution in [3.05, 3.63) is 29.8 Å². The van der Waals surface area contributed by atoms with Gasteiger partial charge in [0.2, 0.25) is 5.91 Å². The van der Waals surface area contributed by atoms with E-state index in [4.69, 9.17) is 5.73 Å². The minimum Gasteiger partial charge on any atom is -0.325 e. The third kappa shape index (κ3) is 5.03. The molecule has 0 aliphatic carbocycles. The average Bonchev–Trinajstić information content (AvgIpc) is 2.35. The second kappa shape index (κ2) is 6.71. The van der Waals surface area contributed by atoms with E-state index in [1.165, 1.54) is 5.56 Å². The number of unbranched alkanes of at least 4 members (excludes halogenated alkanes) is 1.